The van der Waals surface area contributed by atoms with Crippen LogP contribution >= 0.6 is 11.6 Å². The summed E-state index contributed by atoms with van der Waals surface area (Å²) < 4.78 is 13.3. The van der Waals surface area contributed by atoms with Crippen LogP contribution in [0.25, 0.3) is 0 Å². The first-order chi connectivity index (χ1) is 7.02. The summed E-state index contributed by atoms with van der Waals surface area (Å²) in [5.41, 5.74) is -0.209. The van der Waals surface area contributed by atoms with Crippen molar-refractivity contribution in [2.45, 2.75) is 0 Å². The fourth-order valence-electron chi connectivity index (χ4n) is 1.07. The zero-order valence-corrected chi connectivity index (χ0v) is 8.51. The third kappa shape index (κ3) is 2.95. The van der Waals surface area contributed by atoms with E-state index in [0.29, 0.717) is 0 Å². The van der Waals surface area contributed by atoms with Crippen LogP contribution in [0.15, 0.2) is 29.8 Å². The highest BCUT2D eigenvalue weighted by molar-refractivity contribution is 6.29. The van der Waals surface area contributed by atoms with Gasteiger partial charge in [0.25, 0.3) is 0 Å². The van der Waals surface area contributed by atoms with E-state index in [1.165, 1.54) is 18.2 Å². The first kappa shape index (κ1) is 11.5. The third-order valence-corrected chi connectivity index (χ3v) is 1.83. The highest BCUT2D eigenvalue weighted by Gasteiger charge is 2.13. The molecule has 1 aromatic carbocycles. The van der Waals surface area contributed by atoms with E-state index in [0.717, 1.165) is 0 Å². The van der Waals surface area contributed by atoms with Gasteiger partial charge in [-0.25, -0.2) is 9.18 Å². The molecule has 0 spiro atoms. The Morgan fingerprint density at radius 2 is 2.27 bits per heavy atom. The summed E-state index contributed by atoms with van der Waals surface area (Å²) in [5.74, 6) is -1.83. The zero-order valence-electron chi connectivity index (χ0n) is 7.76. The maximum Gasteiger partial charge on any atom is 0.337 e. The second-order valence-corrected chi connectivity index (χ2v) is 3.37. The topological polar surface area (TPSA) is 49.3 Å². The van der Waals surface area contributed by atoms with Crippen LogP contribution in [-0.4, -0.2) is 17.6 Å². The first-order valence-electron chi connectivity index (χ1n) is 4.11. The molecule has 0 saturated carbocycles. The van der Waals surface area contributed by atoms with E-state index in [4.69, 9.17) is 16.7 Å². The SMILES string of the molecule is C=C(Cl)CNc1c(F)cccc1C(=O)O. The third-order valence-electron chi connectivity index (χ3n) is 1.70. The molecular formula is C10H9ClFNO2. The Kier molecular flexibility index (Phi) is 3.68. The lowest BCUT2D eigenvalue weighted by Gasteiger charge is -2.09. The molecule has 15 heavy (non-hydrogen) atoms. The van der Waals surface area contributed by atoms with E-state index in [1.54, 1.807) is 0 Å². The predicted molar refractivity (Wildman–Crippen MR) is 56.8 cm³/mol. The molecule has 80 valence electrons. The largest absolute Gasteiger partial charge is 0.478 e. The molecule has 2 N–H and O–H groups in total. The molecular weight excluding hydrogens is 221 g/mol. The van der Waals surface area contributed by atoms with Crippen molar-refractivity contribution in [3.8, 4) is 0 Å². The van der Waals surface area contributed by atoms with Crippen LogP contribution < -0.4 is 5.32 Å². The minimum absolute atomic E-state index is 0.0770. The van der Waals surface area contributed by atoms with Crippen LogP contribution in [0.5, 0.6) is 0 Å². The molecule has 0 atom stereocenters. The van der Waals surface area contributed by atoms with Crippen molar-refractivity contribution < 1.29 is 14.3 Å². The summed E-state index contributed by atoms with van der Waals surface area (Å²) in [4.78, 5) is 10.8. The van der Waals surface area contributed by atoms with Gasteiger partial charge in [-0.3, -0.25) is 0 Å². The maximum atomic E-state index is 13.3. The number of hydrogen-bond donors (Lipinski definition) is 2. The van der Waals surface area contributed by atoms with Crippen LogP contribution in [0, 0.1) is 5.82 Å². The second-order valence-electron chi connectivity index (χ2n) is 2.84. The van der Waals surface area contributed by atoms with Gasteiger partial charge >= 0.3 is 5.97 Å². The van der Waals surface area contributed by atoms with E-state index in [-0.39, 0.29) is 22.8 Å². The summed E-state index contributed by atoms with van der Waals surface area (Å²) in [5, 5.41) is 11.6. The van der Waals surface area contributed by atoms with Crippen molar-refractivity contribution in [2.24, 2.45) is 0 Å². The van der Waals surface area contributed by atoms with Crippen molar-refractivity contribution in [1.29, 1.82) is 0 Å². The molecule has 0 fully saturated rings. The summed E-state index contributed by atoms with van der Waals surface area (Å²) in [6.45, 7) is 3.52. The van der Waals surface area contributed by atoms with Crippen molar-refractivity contribution in [3.05, 3.63) is 41.2 Å². The molecule has 1 aromatic rings. The molecule has 0 bridgehead atoms. The summed E-state index contributed by atoms with van der Waals surface area (Å²) in [6.07, 6.45) is 0. The first-order valence-corrected chi connectivity index (χ1v) is 4.49. The lowest BCUT2D eigenvalue weighted by Crippen LogP contribution is -2.09. The predicted octanol–water partition coefficient (Wildman–Crippen LogP) is 2.69. The van der Waals surface area contributed by atoms with Gasteiger partial charge < -0.3 is 10.4 Å². The van der Waals surface area contributed by atoms with Gasteiger partial charge in [0, 0.05) is 5.03 Å². The number of aromatic carboxylic acids is 1. The number of halogens is 2. The monoisotopic (exact) mass is 229 g/mol. The highest BCUT2D eigenvalue weighted by Crippen LogP contribution is 2.20. The summed E-state index contributed by atoms with van der Waals surface area (Å²) in [6, 6.07) is 3.82. The highest BCUT2D eigenvalue weighted by atomic mass is 35.5. The van der Waals surface area contributed by atoms with Gasteiger partial charge in [0.2, 0.25) is 0 Å². The number of benzene rings is 1. The fraction of sp³-hybridized carbons (Fsp3) is 0.100. The van der Waals surface area contributed by atoms with Crippen molar-refractivity contribution in [3.63, 3.8) is 0 Å². The molecule has 1 rings (SSSR count). The van der Waals surface area contributed by atoms with Crippen molar-refractivity contribution in [1.82, 2.24) is 0 Å². The lowest BCUT2D eigenvalue weighted by atomic mass is 10.1. The number of anilines is 1. The Balaban J connectivity index is 3.02. The molecule has 0 radical (unpaired) electrons. The number of nitrogens with one attached hydrogen (secondary N) is 1. The Morgan fingerprint density at radius 1 is 1.60 bits per heavy atom. The minimum atomic E-state index is -1.20. The molecule has 0 aliphatic rings. The van der Waals surface area contributed by atoms with Crippen molar-refractivity contribution in [2.75, 3.05) is 11.9 Å². The van der Waals surface area contributed by atoms with E-state index in [9.17, 15) is 9.18 Å². The fourth-order valence-corrected chi connectivity index (χ4v) is 1.13. The molecule has 3 nitrogen and oxygen atoms in total. The quantitative estimate of drug-likeness (QED) is 0.835. The number of hydrogen-bond acceptors (Lipinski definition) is 2. The van der Waals surface area contributed by atoms with Gasteiger partial charge in [0.1, 0.15) is 5.82 Å². The van der Waals surface area contributed by atoms with Gasteiger partial charge in [-0.05, 0) is 12.1 Å². The zero-order chi connectivity index (χ0) is 11.4. The number of rotatable bonds is 4. The smallest absolute Gasteiger partial charge is 0.337 e. The van der Waals surface area contributed by atoms with E-state index >= 15 is 0 Å². The van der Waals surface area contributed by atoms with Gasteiger partial charge in [-0.15, -0.1) is 0 Å². The number of carboxylic acid groups (broad SMARTS) is 1. The van der Waals surface area contributed by atoms with Gasteiger partial charge in [-0.2, -0.15) is 0 Å². The molecule has 0 amide bonds. The molecule has 5 heteroatoms. The molecule has 0 unspecified atom stereocenters. The number of carbonyl (C=O) groups is 1. The Labute approximate surface area is 91.2 Å². The van der Waals surface area contributed by atoms with Gasteiger partial charge in [0.15, 0.2) is 0 Å². The summed E-state index contributed by atoms with van der Waals surface area (Å²) >= 11 is 5.49. The minimum Gasteiger partial charge on any atom is -0.478 e. The van der Waals surface area contributed by atoms with E-state index < -0.39 is 11.8 Å². The van der Waals surface area contributed by atoms with E-state index in [1.807, 2.05) is 0 Å². The van der Waals surface area contributed by atoms with Gasteiger partial charge in [-0.1, -0.05) is 24.2 Å². The molecule has 0 aliphatic heterocycles. The van der Waals surface area contributed by atoms with Gasteiger partial charge in [0.05, 0.1) is 17.8 Å². The van der Waals surface area contributed by atoms with Crippen LogP contribution in [0.3, 0.4) is 0 Å². The van der Waals surface area contributed by atoms with Crippen molar-refractivity contribution >= 4 is 23.3 Å². The van der Waals surface area contributed by atoms with Crippen LogP contribution in [-0.2, 0) is 0 Å². The molecule has 0 heterocycles. The second kappa shape index (κ2) is 4.79. The van der Waals surface area contributed by atoms with Crippen LogP contribution in [0.2, 0.25) is 0 Å². The molecule has 0 aliphatic carbocycles. The average molecular weight is 230 g/mol. The average Bonchev–Trinajstić information content (AvgIpc) is 2.15. The Bertz CT molecular complexity index is 406. The number of carboxylic acids is 1. The molecule has 0 aromatic heterocycles. The lowest BCUT2D eigenvalue weighted by molar-refractivity contribution is 0.0697. The number of para-hydroxylation sites is 1. The standard InChI is InChI=1S/C10H9ClFNO2/c1-6(11)5-13-9-7(10(14)15)3-2-4-8(9)12/h2-4,13H,1,5H2,(H,14,15). The Hall–Kier alpha value is -1.55. The summed E-state index contributed by atoms with van der Waals surface area (Å²) in [7, 11) is 0. The van der Waals surface area contributed by atoms with Crippen LogP contribution in [0.1, 0.15) is 10.4 Å². The maximum absolute atomic E-state index is 13.3. The molecule has 0 saturated heterocycles. The van der Waals surface area contributed by atoms with Crippen LogP contribution in [0.4, 0.5) is 10.1 Å². The van der Waals surface area contributed by atoms with E-state index in [2.05, 4.69) is 11.9 Å². The normalized spacial score (nSPS) is 9.73. The Morgan fingerprint density at radius 3 is 2.80 bits per heavy atom.